The van der Waals surface area contributed by atoms with Crippen LogP contribution in [0.25, 0.3) is 0 Å². The molecule has 0 radical (unpaired) electrons. The summed E-state index contributed by atoms with van der Waals surface area (Å²) in [6.45, 7) is 0. The van der Waals surface area contributed by atoms with E-state index in [0.717, 1.165) is 0 Å². The van der Waals surface area contributed by atoms with Crippen LogP contribution in [0.1, 0.15) is 11.1 Å². The van der Waals surface area contributed by atoms with Gasteiger partial charge in [0, 0.05) is 0 Å². The quantitative estimate of drug-likeness (QED) is 0.626. The molecule has 0 N–H and O–H groups in total. The monoisotopic (exact) mass is 255 g/mol. The van der Waals surface area contributed by atoms with Crippen LogP contribution in [0.2, 0.25) is 0 Å². The number of carbonyl (C=O) groups is 1. The minimum absolute atomic E-state index is 0.00222. The SMILES string of the molecule is N#Cc1ccc(OC(=O)Cc2cccc(F)c2)cc1. The number of nitrogens with zero attached hydrogens (tertiary/aromatic N) is 1. The lowest BCUT2D eigenvalue weighted by molar-refractivity contribution is -0.133. The molecule has 0 fully saturated rings. The first-order valence-corrected chi connectivity index (χ1v) is 5.62. The summed E-state index contributed by atoms with van der Waals surface area (Å²) in [6.07, 6.45) is -0.00222. The summed E-state index contributed by atoms with van der Waals surface area (Å²) < 4.78 is 18.0. The predicted octanol–water partition coefficient (Wildman–Crippen LogP) is 2.85. The highest BCUT2D eigenvalue weighted by molar-refractivity contribution is 5.75. The Morgan fingerprint density at radius 1 is 1.21 bits per heavy atom. The fraction of sp³-hybridized carbons (Fsp3) is 0.0667. The van der Waals surface area contributed by atoms with Crippen molar-refractivity contribution in [2.45, 2.75) is 6.42 Å². The zero-order valence-corrected chi connectivity index (χ0v) is 9.97. The molecular formula is C15H10FNO2. The highest BCUT2D eigenvalue weighted by Crippen LogP contribution is 2.13. The Bertz CT molecular complexity index is 629. The van der Waals surface area contributed by atoms with E-state index < -0.39 is 5.97 Å². The molecule has 0 atom stereocenters. The van der Waals surface area contributed by atoms with Crippen LogP contribution in [-0.2, 0) is 11.2 Å². The van der Waals surface area contributed by atoms with Gasteiger partial charge in [-0.15, -0.1) is 0 Å². The van der Waals surface area contributed by atoms with Gasteiger partial charge >= 0.3 is 5.97 Å². The molecule has 0 amide bonds. The lowest BCUT2D eigenvalue weighted by atomic mass is 10.1. The van der Waals surface area contributed by atoms with Crippen LogP contribution < -0.4 is 4.74 Å². The van der Waals surface area contributed by atoms with Crippen LogP contribution in [-0.4, -0.2) is 5.97 Å². The van der Waals surface area contributed by atoms with Gasteiger partial charge in [-0.1, -0.05) is 12.1 Å². The lowest BCUT2D eigenvalue weighted by Gasteiger charge is -2.04. The summed E-state index contributed by atoms with van der Waals surface area (Å²) in [6, 6.07) is 14.0. The maximum Gasteiger partial charge on any atom is 0.315 e. The number of ether oxygens (including phenoxy) is 1. The smallest absolute Gasteiger partial charge is 0.315 e. The van der Waals surface area contributed by atoms with Gasteiger partial charge in [0.15, 0.2) is 0 Å². The van der Waals surface area contributed by atoms with Crippen LogP contribution in [0.3, 0.4) is 0 Å². The molecule has 0 aliphatic rings. The molecule has 0 bridgehead atoms. The number of esters is 1. The van der Waals surface area contributed by atoms with Crippen molar-refractivity contribution < 1.29 is 13.9 Å². The van der Waals surface area contributed by atoms with E-state index in [-0.39, 0.29) is 12.2 Å². The maximum absolute atomic E-state index is 12.9. The summed E-state index contributed by atoms with van der Waals surface area (Å²) in [4.78, 5) is 11.6. The molecule has 0 aromatic heterocycles. The van der Waals surface area contributed by atoms with E-state index in [4.69, 9.17) is 10.00 Å². The van der Waals surface area contributed by atoms with E-state index in [1.54, 1.807) is 36.4 Å². The van der Waals surface area contributed by atoms with Gasteiger partial charge in [-0.05, 0) is 42.0 Å². The second-order valence-corrected chi connectivity index (χ2v) is 3.92. The van der Waals surface area contributed by atoms with Crippen LogP contribution in [0, 0.1) is 17.1 Å². The lowest BCUT2D eigenvalue weighted by Crippen LogP contribution is -2.11. The van der Waals surface area contributed by atoms with Crippen LogP contribution in [0.15, 0.2) is 48.5 Å². The molecule has 2 aromatic carbocycles. The summed E-state index contributed by atoms with van der Waals surface area (Å²) in [5.74, 6) is -0.501. The van der Waals surface area contributed by atoms with Gasteiger partial charge in [0.2, 0.25) is 0 Å². The minimum atomic E-state index is -0.477. The number of nitriles is 1. The van der Waals surface area contributed by atoms with Crippen molar-refractivity contribution in [3.63, 3.8) is 0 Å². The second kappa shape index (κ2) is 5.78. The summed E-state index contributed by atoms with van der Waals surface area (Å²) in [5.41, 5.74) is 1.04. The van der Waals surface area contributed by atoms with Gasteiger partial charge in [-0.2, -0.15) is 5.26 Å². The molecular weight excluding hydrogens is 245 g/mol. The highest BCUT2D eigenvalue weighted by Gasteiger charge is 2.07. The normalized spacial score (nSPS) is 9.68. The zero-order chi connectivity index (χ0) is 13.7. The maximum atomic E-state index is 12.9. The Balaban J connectivity index is 1.99. The Morgan fingerprint density at radius 3 is 2.58 bits per heavy atom. The number of benzene rings is 2. The third kappa shape index (κ3) is 3.65. The summed E-state index contributed by atoms with van der Waals surface area (Å²) in [7, 11) is 0. The van der Waals surface area contributed by atoms with E-state index >= 15 is 0 Å². The number of halogens is 1. The van der Waals surface area contributed by atoms with E-state index in [0.29, 0.717) is 16.9 Å². The van der Waals surface area contributed by atoms with Crippen molar-refractivity contribution in [2.75, 3.05) is 0 Å². The summed E-state index contributed by atoms with van der Waals surface area (Å²) in [5, 5.41) is 8.64. The molecule has 2 aromatic rings. The Hall–Kier alpha value is -2.67. The molecule has 94 valence electrons. The highest BCUT2D eigenvalue weighted by atomic mass is 19.1. The van der Waals surface area contributed by atoms with Gasteiger partial charge in [0.05, 0.1) is 18.1 Å². The van der Waals surface area contributed by atoms with Crippen molar-refractivity contribution in [1.82, 2.24) is 0 Å². The molecule has 0 unspecified atom stereocenters. The van der Waals surface area contributed by atoms with Crippen LogP contribution in [0.5, 0.6) is 5.75 Å². The first-order chi connectivity index (χ1) is 9.17. The third-order valence-corrected chi connectivity index (χ3v) is 2.45. The minimum Gasteiger partial charge on any atom is -0.426 e. The van der Waals surface area contributed by atoms with Gasteiger partial charge < -0.3 is 4.74 Å². The molecule has 0 spiro atoms. The number of hydrogen-bond acceptors (Lipinski definition) is 3. The van der Waals surface area contributed by atoms with E-state index in [9.17, 15) is 9.18 Å². The molecule has 0 saturated heterocycles. The molecule has 0 heterocycles. The van der Waals surface area contributed by atoms with Gasteiger partial charge in [-0.3, -0.25) is 4.79 Å². The fourth-order valence-electron chi connectivity index (χ4n) is 1.58. The number of rotatable bonds is 3. The van der Waals surface area contributed by atoms with Crippen molar-refractivity contribution >= 4 is 5.97 Å². The van der Waals surface area contributed by atoms with Crippen molar-refractivity contribution in [2.24, 2.45) is 0 Å². The molecule has 3 nitrogen and oxygen atoms in total. The second-order valence-electron chi connectivity index (χ2n) is 3.92. The first-order valence-electron chi connectivity index (χ1n) is 5.62. The molecule has 0 aliphatic carbocycles. The average molecular weight is 255 g/mol. The molecule has 19 heavy (non-hydrogen) atoms. The van der Waals surface area contributed by atoms with E-state index in [2.05, 4.69) is 0 Å². The summed E-state index contributed by atoms with van der Waals surface area (Å²) >= 11 is 0. The van der Waals surface area contributed by atoms with Crippen molar-refractivity contribution in [1.29, 1.82) is 5.26 Å². The van der Waals surface area contributed by atoms with Gasteiger partial charge in [-0.25, -0.2) is 4.39 Å². The van der Waals surface area contributed by atoms with Gasteiger partial charge in [0.1, 0.15) is 11.6 Å². The van der Waals surface area contributed by atoms with Crippen LogP contribution >= 0.6 is 0 Å². The van der Waals surface area contributed by atoms with Crippen LogP contribution in [0.4, 0.5) is 4.39 Å². The largest absolute Gasteiger partial charge is 0.426 e. The van der Waals surface area contributed by atoms with E-state index in [1.165, 1.54) is 12.1 Å². The Labute approximate surface area is 109 Å². The number of carbonyl (C=O) groups excluding carboxylic acids is 1. The molecule has 4 heteroatoms. The first kappa shape index (κ1) is 12.8. The molecule has 2 rings (SSSR count). The standard InChI is InChI=1S/C15H10FNO2/c16-13-3-1-2-12(8-13)9-15(18)19-14-6-4-11(10-17)5-7-14/h1-8H,9H2. The molecule has 0 saturated carbocycles. The fourth-order valence-corrected chi connectivity index (χ4v) is 1.58. The zero-order valence-electron chi connectivity index (χ0n) is 9.97. The van der Waals surface area contributed by atoms with Gasteiger partial charge in [0.25, 0.3) is 0 Å². The predicted molar refractivity (Wildman–Crippen MR) is 66.9 cm³/mol. The molecule has 0 aliphatic heterocycles. The average Bonchev–Trinajstić information content (AvgIpc) is 2.39. The Kier molecular flexibility index (Phi) is 3.89. The van der Waals surface area contributed by atoms with Crippen molar-refractivity contribution in [3.05, 3.63) is 65.5 Å². The topological polar surface area (TPSA) is 50.1 Å². The third-order valence-electron chi connectivity index (χ3n) is 2.45. The number of hydrogen-bond donors (Lipinski definition) is 0. The van der Waals surface area contributed by atoms with Crippen molar-refractivity contribution in [3.8, 4) is 11.8 Å². The Morgan fingerprint density at radius 2 is 1.95 bits per heavy atom. The van der Waals surface area contributed by atoms with E-state index in [1.807, 2.05) is 6.07 Å².